The Hall–Kier alpha value is -0.160. The van der Waals surface area contributed by atoms with Crippen LogP contribution >= 0.6 is 0 Å². The van der Waals surface area contributed by atoms with E-state index in [0.29, 0.717) is 19.3 Å². The SMILES string of the molecule is COCCOCCCCNCC(C)OC. The van der Waals surface area contributed by atoms with Crippen LogP contribution in [0.3, 0.4) is 0 Å². The Balaban J connectivity index is 2.92. The van der Waals surface area contributed by atoms with Gasteiger partial charge < -0.3 is 19.5 Å². The molecule has 0 spiro atoms. The fourth-order valence-corrected chi connectivity index (χ4v) is 1.09. The molecule has 4 nitrogen and oxygen atoms in total. The van der Waals surface area contributed by atoms with Gasteiger partial charge >= 0.3 is 0 Å². The second kappa shape index (κ2) is 11.9. The summed E-state index contributed by atoms with van der Waals surface area (Å²) in [7, 11) is 3.42. The number of hydrogen-bond acceptors (Lipinski definition) is 4. The van der Waals surface area contributed by atoms with Crippen LogP contribution in [0.2, 0.25) is 0 Å². The molecule has 1 atom stereocenters. The van der Waals surface area contributed by atoms with Gasteiger partial charge in [0, 0.05) is 27.4 Å². The summed E-state index contributed by atoms with van der Waals surface area (Å²) in [4.78, 5) is 0. The maximum Gasteiger partial charge on any atom is 0.0700 e. The molecule has 0 saturated carbocycles. The number of nitrogens with one attached hydrogen (secondary N) is 1. The van der Waals surface area contributed by atoms with Crippen molar-refractivity contribution >= 4 is 0 Å². The second-order valence-electron chi connectivity index (χ2n) is 3.56. The zero-order valence-electron chi connectivity index (χ0n) is 10.3. The molecular weight excluding hydrogens is 194 g/mol. The molecule has 1 N–H and O–H groups in total. The van der Waals surface area contributed by atoms with Gasteiger partial charge in [0.15, 0.2) is 0 Å². The van der Waals surface area contributed by atoms with Gasteiger partial charge in [-0.2, -0.15) is 0 Å². The highest BCUT2D eigenvalue weighted by Gasteiger charge is 1.96. The van der Waals surface area contributed by atoms with Crippen LogP contribution < -0.4 is 5.32 Å². The van der Waals surface area contributed by atoms with E-state index < -0.39 is 0 Å². The molecule has 0 aromatic carbocycles. The van der Waals surface area contributed by atoms with E-state index in [9.17, 15) is 0 Å². The van der Waals surface area contributed by atoms with Crippen molar-refractivity contribution in [3.05, 3.63) is 0 Å². The van der Waals surface area contributed by atoms with Crippen LogP contribution in [0.4, 0.5) is 0 Å². The normalized spacial score (nSPS) is 13.0. The summed E-state index contributed by atoms with van der Waals surface area (Å²) in [5.74, 6) is 0. The molecule has 0 aliphatic heterocycles. The Kier molecular flexibility index (Phi) is 11.8. The highest BCUT2D eigenvalue weighted by Crippen LogP contribution is 1.90. The minimum atomic E-state index is 0.294. The van der Waals surface area contributed by atoms with Crippen molar-refractivity contribution in [2.75, 3.05) is 47.1 Å². The van der Waals surface area contributed by atoms with Crippen LogP contribution in [0.15, 0.2) is 0 Å². The molecule has 0 rings (SSSR count). The Morgan fingerprint density at radius 1 is 1.07 bits per heavy atom. The van der Waals surface area contributed by atoms with E-state index in [1.54, 1.807) is 14.2 Å². The number of rotatable bonds is 11. The minimum Gasteiger partial charge on any atom is -0.382 e. The van der Waals surface area contributed by atoms with Crippen LogP contribution in [-0.4, -0.2) is 53.2 Å². The van der Waals surface area contributed by atoms with Gasteiger partial charge in [-0.05, 0) is 26.3 Å². The Bertz CT molecular complexity index is 122. The molecule has 0 heterocycles. The summed E-state index contributed by atoms with van der Waals surface area (Å²) >= 11 is 0. The molecule has 0 aliphatic carbocycles. The standard InChI is InChI=1S/C11H25NO3/c1-11(14-3)10-12-6-4-5-7-15-9-8-13-2/h11-12H,4-10H2,1-3H3. The number of ether oxygens (including phenoxy) is 3. The molecule has 4 heteroatoms. The van der Waals surface area contributed by atoms with E-state index in [2.05, 4.69) is 12.2 Å². The first-order valence-corrected chi connectivity index (χ1v) is 5.61. The molecule has 0 bridgehead atoms. The fraction of sp³-hybridized carbons (Fsp3) is 1.00. The van der Waals surface area contributed by atoms with E-state index >= 15 is 0 Å². The average Bonchev–Trinajstić information content (AvgIpc) is 2.26. The largest absolute Gasteiger partial charge is 0.382 e. The van der Waals surface area contributed by atoms with Gasteiger partial charge in [-0.3, -0.25) is 0 Å². The van der Waals surface area contributed by atoms with Crippen LogP contribution in [0.1, 0.15) is 19.8 Å². The predicted octanol–water partition coefficient (Wildman–Crippen LogP) is 1.05. The summed E-state index contributed by atoms with van der Waals surface area (Å²) in [6.07, 6.45) is 2.53. The minimum absolute atomic E-state index is 0.294. The maximum absolute atomic E-state index is 5.35. The molecule has 0 aliphatic rings. The van der Waals surface area contributed by atoms with E-state index in [1.165, 1.54) is 0 Å². The van der Waals surface area contributed by atoms with Gasteiger partial charge in [0.1, 0.15) is 0 Å². The smallest absolute Gasteiger partial charge is 0.0700 e. The van der Waals surface area contributed by atoms with Crippen LogP contribution in [-0.2, 0) is 14.2 Å². The Morgan fingerprint density at radius 3 is 2.53 bits per heavy atom. The van der Waals surface area contributed by atoms with Gasteiger partial charge in [-0.25, -0.2) is 0 Å². The lowest BCUT2D eigenvalue weighted by molar-refractivity contribution is 0.0686. The van der Waals surface area contributed by atoms with Crippen molar-refractivity contribution in [3.63, 3.8) is 0 Å². The van der Waals surface area contributed by atoms with Crippen LogP contribution in [0, 0.1) is 0 Å². The summed E-state index contributed by atoms with van der Waals surface area (Å²) < 4.78 is 15.3. The van der Waals surface area contributed by atoms with Gasteiger partial charge in [0.2, 0.25) is 0 Å². The van der Waals surface area contributed by atoms with Crippen LogP contribution in [0.5, 0.6) is 0 Å². The number of methoxy groups -OCH3 is 2. The zero-order valence-corrected chi connectivity index (χ0v) is 10.3. The topological polar surface area (TPSA) is 39.7 Å². The van der Waals surface area contributed by atoms with Gasteiger partial charge in [0.05, 0.1) is 19.3 Å². The zero-order chi connectivity index (χ0) is 11.4. The van der Waals surface area contributed by atoms with E-state index in [1.807, 2.05) is 0 Å². The molecular formula is C11H25NO3. The quantitative estimate of drug-likeness (QED) is 0.527. The lowest BCUT2D eigenvalue weighted by atomic mass is 10.3. The van der Waals surface area contributed by atoms with E-state index in [0.717, 1.165) is 32.5 Å². The summed E-state index contributed by atoms with van der Waals surface area (Å²) in [6.45, 7) is 6.21. The van der Waals surface area contributed by atoms with Gasteiger partial charge in [-0.1, -0.05) is 0 Å². The lowest BCUT2D eigenvalue weighted by Gasteiger charge is -2.10. The molecule has 0 aromatic rings. The van der Waals surface area contributed by atoms with E-state index in [4.69, 9.17) is 14.2 Å². The molecule has 0 saturated heterocycles. The molecule has 15 heavy (non-hydrogen) atoms. The highest BCUT2D eigenvalue weighted by molar-refractivity contribution is 4.54. The average molecular weight is 219 g/mol. The number of hydrogen-bond donors (Lipinski definition) is 1. The van der Waals surface area contributed by atoms with Crippen molar-refractivity contribution in [1.29, 1.82) is 0 Å². The third-order valence-corrected chi connectivity index (χ3v) is 2.16. The van der Waals surface area contributed by atoms with Crippen LogP contribution in [0.25, 0.3) is 0 Å². The molecule has 1 unspecified atom stereocenters. The van der Waals surface area contributed by atoms with Crippen molar-refractivity contribution < 1.29 is 14.2 Å². The highest BCUT2D eigenvalue weighted by atomic mass is 16.5. The van der Waals surface area contributed by atoms with Gasteiger partial charge in [-0.15, -0.1) is 0 Å². The van der Waals surface area contributed by atoms with Crippen molar-refractivity contribution in [2.24, 2.45) is 0 Å². The second-order valence-corrected chi connectivity index (χ2v) is 3.56. The number of unbranched alkanes of at least 4 members (excludes halogenated alkanes) is 1. The monoisotopic (exact) mass is 219 g/mol. The van der Waals surface area contributed by atoms with Crippen molar-refractivity contribution in [2.45, 2.75) is 25.9 Å². The molecule has 0 amide bonds. The van der Waals surface area contributed by atoms with E-state index in [-0.39, 0.29) is 0 Å². The van der Waals surface area contributed by atoms with Crippen molar-refractivity contribution in [3.8, 4) is 0 Å². The third kappa shape index (κ3) is 11.8. The molecule has 0 aromatic heterocycles. The predicted molar refractivity (Wildman–Crippen MR) is 61.3 cm³/mol. The summed E-state index contributed by atoms with van der Waals surface area (Å²) in [5, 5.41) is 3.33. The lowest BCUT2D eigenvalue weighted by Crippen LogP contribution is -2.26. The maximum atomic E-state index is 5.35. The fourth-order valence-electron chi connectivity index (χ4n) is 1.09. The Morgan fingerprint density at radius 2 is 1.87 bits per heavy atom. The molecule has 0 radical (unpaired) electrons. The Labute approximate surface area is 93.3 Å². The molecule has 92 valence electrons. The first kappa shape index (κ1) is 14.8. The summed E-state index contributed by atoms with van der Waals surface area (Å²) in [5.41, 5.74) is 0. The third-order valence-electron chi connectivity index (χ3n) is 2.16. The van der Waals surface area contributed by atoms with Crippen molar-refractivity contribution in [1.82, 2.24) is 5.32 Å². The first-order valence-electron chi connectivity index (χ1n) is 5.61. The van der Waals surface area contributed by atoms with Gasteiger partial charge in [0.25, 0.3) is 0 Å². The first-order chi connectivity index (χ1) is 7.31. The molecule has 0 fully saturated rings. The summed E-state index contributed by atoms with van der Waals surface area (Å²) in [6, 6.07) is 0.